The van der Waals surface area contributed by atoms with E-state index < -0.39 is 17.9 Å². The van der Waals surface area contributed by atoms with Crippen LogP contribution in [-0.4, -0.2) is 36.2 Å². The molecule has 0 aliphatic carbocycles. The van der Waals surface area contributed by atoms with Crippen molar-refractivity contribution in [1.29, 1.82) is 0 Å². The molecule has 18 heavy (non-hydrogen) atoms. The molecule has 0 saturated heterocycles. The molecule has 0 aromatic heterocycles. The molecule has 1 heterocycles. The zero-order valence-electron chi connectivity index (χ0n) is 9.80. The largest absolute Gasteiger partial charge is 0.486 e. The number of amides is 1. The van der Waals surface area contributed by atoms with Crippen molar-refractivity contribution < 1.29 is 24.2 Å². The minimum absolute atomic E-state index is 0.278. The molecule has 6 nitrogen and oxygen atoms in total. The Hall–Kier alpha value is -2.24. The number of carboxylic acids is 1. The number of hydrogen-bond acceptors (Lipinski definition) is 4. The molecule has 0 radical (unpaired) electrons. The lowest BCUT2D eigenvalue weighted by atomic mass is 10.1. The maximum Gasteiger partial charge on any atom is 0.325 e. The van der Waals surface area contributed by atoms with Gasteiger partial charge in [-0.25, -0.2) is 0 Å². The van der Waals surface area contributed by atoms with E-state index in [0.717, 1.165) is 0 Å². The number of nitrogens with one attached hydrogen (secondary N) is 1. The first-order chi connectivity index (χ1) is 8.59. The Labute approximate surface area is 104 Å². The van der Waals surface area contributed by atoms with E-state index in [9.17, 15) is 9.59 Å². The van der Waals surface area contributed by atoms with Gasteiger partial charge in [-0.3, -0.25) is 9.59 Å². The van der Waals surface area contributed by atoms with E-state index in [2.05, 4.69) is 5.32 Å². The van der Waals surface area contributed by atoms with Gasteiger partial charge in [-0.2, -0.15) is 0 Å². The number of fused-ring (bicyclic) bond motifs is 1. The summed E-state index contributed by atoms with van der Waals surface area (Å²) in [4.78, 5) is 22.6. The summed E-state index contributed by atoms with van der Waals surface area (Å²) in [7, 11) is 0. The van der Waals surface area contributed by atoms with Gasteiger partial charge in [0.2, 0.25) is 0 Å². The smallest absolute Gasteiger partial charge is 0.325 e. The first kappa shape index (κ1) is 12.2. The molecule has 0 saturated carbocycles. The molecular weight excluding hydrogens is 238 g/mol. The molecule has 0 unspecified atom stereocenters. The SMILES string of the molecule is C[C@H](NC(=O)c1cccc2c1OCCO2)C(=O)O. The number of rotatable bonds is 3. The maximum atomic E-state index is 11.9. The highest BCUT2D eigenvalue weighted by Gasteiger charge is 2.22. The molecule has 1 atom stereocenters. The first-order valence-corrected chi connectivity index (χ1v) is 5.52. The number of aliphatic carboxylic acids is 1. The third-order valence-corrected chi connectivity index (χ3v) is 2.53. The van der Waals surface area contributed by atoms with Crippen LogP contribution >= 0.6 is 0 Å². The van der Waals surface area contributed by atoms with E-state index in [1.807, 2.05) is 0 Å². The van der Waals surface area contributed by atoms with Crippen LogP contribution in [0.15, 0.2) is 18.2 Å². The van der Waals surface area contributed by atoms with E-state index in [1.54, 1.807) is 18.2 Å². The standard InChI is InChI=1S/C12H13NO5/c1-7(12(15)16)13-11(14)8-3-2-4-9-10(8)18-6-5-17-9/h2-4,7H,5-6H2,1H3,(H,13,14)(H,15,16)/t7-/m0/s1. The zero-order chi connectivity index (χ0) is 13.1. The van der Waals surface area contributed by atoms with Crippen molar-refractivity contribution in [2.45, 2.75) is 13.0 Å². The fraction of sp³-hybridized carbons (Fsp3) is 0.333. The third-order valence-electron chi connectivity index (χ3n) is 2.53. The van der Waals surface area contributed by atoms with Crippen molar-refractivity contribution in [3.8, 4) is 11.5 Å². The van der Waals surface area contributed by atoms with Gasteiger partial charge in [0.15, 0.2) is 11.5 Å². The molecule has 1 aliphatic heterocycles. The van der Waals surface area contributed by atoms with Crippen molar-refractivity contribution in [2.75, 3.05) is 13.2 Å². The quantitative estimate of drug-likeness (QED) is 0.824. The molecule has 2 rings (SSSR count). The summed E-state index contributed by atoms with van der Waals surface area (Å²) in [5.74, 6) is -0.728. The van der Waals surface area contributed by atoms with E-state index in [4.69, 9.17) is 14.6 Å². The Bertz CT molecular complexity index is 485. The lowest BCUT2D eigenvalue weighted by Gasteiger charge is -2.21. The van der Waals surface area contributed by atoms with E-state index in [1.165, 1.54) is 6.92 Å². The van der Waals surface area contributed by atoms with Crippen molar-refractivity contribution >= 4 is 11.9 Å². The Morgan fingerprint density at radius 3 is 2.78 bits per heavy atom. The second-order valence-corrected chi connectivity index (χ2v) is 3.86. The normalized spacial score (nSPS) is 14.7. The Morgan fingerprint density at radius 1 is 1.33 bits per heavy atom. The zero-order valence-corrected chi connectivity index (χ0v) is 9.80. The van der Waals surface area contributed by atoms with Crippen LogP contribution in [0.25, 0.3) is 0 Å². The molecule has 0 bridgehead atoms. The lowest BCUT2D eigenvalue weighted by Crippen LogP contribution is -2.38. The monoisotopic (exact) mass is 251 g/mol. The minimum atomic E-state index is -1.09. The predicted octanol–water partition coefficient (Wildman–Crippen LogP) is 0.661. The van der Waals surface area contributed by atoms with Gasteiger partial charge >= 0.3 is 5.97 Å². The summed E-state index contributed by atoms with van der Waals surface area (Å²) in [6.07, 6.45) is 0. The Kier molecular flexibility index (Phi) is 3.36. The van der Waals surface area contributed by atoms with Gasteiger partial charge in [0.25, 0.3) is 5.91 Å². The minimum Gasteiger partial charge on any atom is -0.486 e. The van der Waals surface area contributed by atoms with Crippen molar-refractivity contribution in [2.24, 2.45) is 0 Å². The molecule has 6 heteroatoms. The maximum absolute atomic E-state index is 11.9. The highest BCUT2D eigenvalue weighted by atomic mass is 16.6. The van der Waals surface area contributed by atoms with E-state index in [0.29, 0.717) is 24.7 Å². The van der Waals surface area contributed by atoms with Crippen LogP contribution in [-0.2, 0) is 4.79 Å². The number of carbonyl (C=O) groups is 2. The Balaban J connectivity index is 2.23. The number of hydrogen-bond donors (Lipinski definition) is 2. The number of para-hydroxylation sites is 1. The van der Waals surface area contributed by atoms with Gasteiger partial charge in [0.05, 0.1) is 5.56 Å². The van der Waals surface area contributed by atoms with Crippen molar-refractivity contribution in [3.05, 3.63) is 23.8 Å². The van der Waals surface area contributed by atoms with Crippen LogP contribution in [0.2, 0.25) is 0 Å². The molecule has 1 amide bonds. The molecule has 1 aromatic rings. The second kappa shape index (κ2) is 4.95. The van der Waals surface area contributed by atoms with Crippen LogP contribution in [0.4, 0.5) is 0 Å². The van der Waals surface area contributed by atoms with Crippen LogP contribution in [0.1, 0.15) is 17.3 Å². The molecule has 2 N–H and O–H groups in total. The number of benzene rings is 1. The number of carboxylic acid groups (broad SMARTS) is 1. The lowest BCUT2D eigenvalue weighted by molar-refractivity contribution is -0.138. The topological polar surface area (TPSA) is 84.9 Å². The Morgan fingerprint density at radius 2 is 2.06 bits per heavy atom. The molecule has 96 valence electrons. The van der Waals surface area contributed by atoms with E-state index >= 15 is 0 Å². The summed E-state index contributed by atoms with van der Waals surface area (Å²) in [5.41, 5.74) is 0.278. The molecule has 0 spiro atoms. The van der Waals surface area contributed by atoms with Crippen LogP contribution < -0.4 is 14.8 Å². The highest BCUT2D eigenvalue weighted by molar-refractivity contribution is 5.99. The van der Waals surface area contributed by atoms with Gasteiger partial charge < -0.3 is 19.9 Å². The highest BCUT2D eigenvalue weighted by Crippen LogP contribution is 2.33. The fourth-order valence-corrected chi connectivity index (χ4v) is 1.59. The predicted molar refractivity (Wildman–Crippen MR) is 62.0 cm³/mol. The first-order valence-electron chi connectivity index (χ1n) is 5.52. The number of ether oxygens (including phenoxy) is 2. The second-order valence-electron chi connectivity index (χ2n) is 3.86. The van der Waals surface area contributed by atoms with Crippen molar-refractivity contribution in [3.63, 3.8) is 0 Å². The van der Waals surface area contributed by atoms with Gasteiger partial charge in [-0.05, 0) is 19.1 Å². The van der Waals surface area contributed by atoms with Gasteiger partial charge in [0.1, 0.15) is 19.3 Å². The summed E-state index contributed by atoms with van der Waals surface area (Å²) in [5, 5.41) is 11.1. The average molecular weight is 251 g/mol. The fourth-order valence-electron chi connectivity index (χ4n) is 1.59. The van der Waals surface area contributed by atoms with Crippen LogP contribution in [0.5, 0.6) is 11.5 Å². The summed E-state index contributed by atoms with van der Waals surface area (Å²) in [6, 6.07) is 3.97. The van der Waals surface area contributed by atoms with Gasteiger partial charge in [-0.15, -0.1) is 0 Å². The molecular formula is C12H13NO5. The average Bonchev–Trinajstić information content (AvgIpc) is 2.37. The molecule has 1 aliphatic rings. The van der Waals surface area contributed by atoms with Crippen molar-refractivity contribution in [1.82, 2.24) is 5.32 Å². The van der Waals surface area contributed by atoms with Gasteiger partial charge in [0, 0.05) is 0 Å². The van der Waals surface area contributed by atoms with Gasteiger partial charge in [-0.1, -0.05) is 6.07 Å². The summed E-state index contributed by atoms with van der Waals surface area (Å²) in [6.45, 7) is 2.20. The van der Waals surface area contributed by atoms with Crippen LogP contribution in [0.3, 0.4) is 0 Å². The third kappa shape index (κ3) is 2.37. The molecule has 1 aromatic carbocycles. The molecule has 0 fully saturated rings. The van der Waals surface area contributed by atoms with E-state index in [-0.39, 0.29) is 5.56 Å². The summed E-state index contributed by atoms with van der Waals surface area (Å²) < 4.78 is 10.7. The summed E-state index contributed by atoms with van der Waals surface area (Å²) >= 11 is 0. The van der Waals surface area contributed by atoms with Crippen LogP contribution in [0, 0.1) is 0 Å². The number of carbonyl (C=O) groups excluding carboxylic acids is 1.